The van der Waals surface area contributed by atoms with Gasteiger partial charge in [-0.15, -0.1) is 0 Å². The quantitative estimate of drug-likeness (QED) is 0.130. The molecule has 0 saturated heterocycles. The van der Waals surface area contributed by atoms with E-state index in [1.54, 1.807) is 0 Å². The molecule has 0 aromatic rings. The Morgan fingerprint density at radius 1 is 0.595 bits per heavy atom. The molecule has 0 bridgehead atoms. The first-order chi connectivity index (χ1) is 17.8. The standard InChI is InChI=1S/C26H51NO10/c1-5-6-7-8-9-24(28)36-23-22-35-21-20-34-19-18-33-17-16-32-15-14-31-13-12-30-11-10-27-25(29)37-26(2,3)4/h5-23H2,1-4H3,(H,27,29). The van der Waals surface area contributed by atoms with Gasteiger partial charge in [-0.25, -0.2) is 4.79 Å². The summed E-state index contributed by atoms with van der Waals surface area (Å²) in [7, 11) is 0. The third-order valence-electron chi connectivity index (χ3n) is 4.50. The second kappa shape index (κ2) is 26.1. The van der Waals surface area contributed by atoms with Crippen molar-refractivity contribution in [2.45, 2.75) is 65.4 Å². The highest BCUT2D eigenvalue weighted by atomic mass is 16.6. The lowest BCUT2D eigenvalue weighted by Gasteiger charge is -2.19. The van der Waals surface area contributed by atoms with Crippen LogP contribution in [0.2, 0.25) is 0 Å². The van der Waals surface area contributed by atoms with Crippen molar-refractivity contribution in [2.24, 2.45) is 0 Å². The van der Waals surface area contributed by atoms with Gasteiger partial charge >= 0.3 is 12.1 Å². The highest BCUT2D eigenvalue weighted by Crippen LogP contribution is 2.06. The highest BCUT2D eigenvalue weighted by Gasteiger charge is 2.15. The molecule has 11 nitrogen and oxygen atoms in total. The van der Waals surface area contributed by atoms with E-state index in [1.165, 1.54) is 0 Å². The van der Waals surface area contributed by atoms with Crippen LogP contribution in [-0.2, 0) is 42.7 Å². The molecule has 220 valence electrons. The van der Waals surface area contributed by atoms with Crippen LogP contribution < -0.4 is 5.32 Å². The molecule has 1 amide bonds. The van der Waals surface area contributed by atoms with Crippen molar-refractivity contribution >= 4 is 12.1 Å². The number of carbonyl (C=O) groups is 2. The number of alkyl carbamates (subject to hydrolysis) is 1. The summed E-state index contributed by atoms with van der Waals surface area (Å²) < 4.78 is 42.7. The van der Waals surface area contributed by atoms with Crippen molar-refractivity contribution in [3.63, 3.8) is 0 Å². The molecule has 0 aliphatic heterocycles. The first-order valence-corrected chi connectivity index (χ1v) is 13.4. The molecule has 0 aromatic heterocycles. The van der Waals surface area contributed by atoms with Gasteiger partial charge in [0.1, 0.15) is 12.2 Å². The Hall–Kier alpha value is -1.50. The zero-order valence-electron chi connectivity index (χ0n) is 23.5. The van der Waals surface area contributed by atoms with Crippen molar-refractivity contribution in [3.8, 4) is 0 Å². The van der Waals surface area contributed by atoms with Crippen molar-refractivity contribution in [1.29, 1.82) is 0 Å². The maximum atomic E-state index is 11.5. The van der Waals surface area contributed by atoms with Crippen LogP contribution in [0.15, 0.2) is 0 Å². The number of nitrogens with one attached hydrogen (secondary N) is 1. The number of unbranched alkanes of at least 4 members (excludes halogenated alkanes) is 3. The van der Waals surface area contributed by atoms with E-state index in [-0.39, 0.29) is 12.6 Å². The molecule has 0 aliphatic carbocycles. The van der Waals surface area contributed by atoms with Crippen molar-refractivity contribution in [2.75, 3.05) is 92.4 Å². The zero-order chi connectivity index (χ0) is 27.5. The van der Waals surface area contributed by atoms with Crippen LogP contribution in [0.4, 0.5) is 4.79 Å². The normalized spacial score (nSPS) is 11.5. The lowest BCUT2D eigenvalue weighted by Crippen LogP contribution is -2.34. The van der Waals surface area contributed by atoms with Crippen LogP contribution in [-0.4, -0.2) is 110 Å². The summed E-state index contributed by atoms with van der Waals surface area (Å²) in [4.78, 5) is 23.0. The van der Waals surface area contributed by atoms with E-state index in [4.69, 9.17) is 37.9 Å². The number of hydrogen-bond acceptors (Lipinski definition) is 10. The molecule has 0 rings (SSSR count). The number of carbonyl (C=O) groups excluding carboxylic acids is 2. The summed E-state index contributed by atoms with van der Waals surface area (Å²) in [5, 5.41) is 2.62. The zero-order valence-corrected chi connectivity index (χ0v) is 23.5. The summed E-state index contributed by atoms with van der Waals surface area (Å²) >= 11 is 0. The minimum atomic E-state index is -0.508. The van der Waals surface area contributed by atoms with E-state index < -0.39 is 11.7 Å². The van der Waals surface area contributed by atoms with Gasteiger partial charge in [0, 0.05) is 13.0 Å². The largest absolute Gasteiger partial charge is 0.463 e. The molecule has 0 unspecified atom stereocenters. The Morgan fingerprint density at radius 2 is 1.03 bits per heavy atom. The molecule has 0 aliphatic rings. The summed E-state index contributed by atoms with van der Waals surface area (Å²) in [6.45, 7) is 13.7. The van der Waals surface area contributed by atoms with Crippen LogP contribution in [0.5, 0.6) is 0 Å². The minimum absolute atomic E-state index is 0.155. The average Bonchev–Trinajstić information content (AvgIpc) is 2.84. The van der Waals surface area contributed by atoms with Gasteiger partial charge in [0.15, 0.2) is 0 Å². The lowest BCUT2D eigenvalue weighted by molar-refractivity contribution is -0.145. The summed E-state index contributed by atoms with van der Waals surface area (Å²) in [6, 6.07) is 0. The first-order valence-electron chi connectivity index (χ1n) is 13.4. The topological polar surface area (TPSA) is 120 Å². The number of amides is 1. The Labute approximate surface area is 223 Å². The maximum absolute atomic E-state index is 11.5. The molecule has 0 aromatic carbocycles. The lowest BCUT2D eigenvalue weighted by atomic mass is 10.2. The molecule has 37 heavy (non-hydrogen) atoms. The van der Waals surface area contributed by atoms with Crippen LogP contribution in [0, 0.1) is 0 Å². The van der Waals surface area contributed by atoms with E-state index in [0.717, 1.165) is 25.7 Å². The molecule has 0 saturated carbocycles. The predicted octanol–water partition coefficient (Wildman–Crippen LogP) is 3.12. The van der Waals surface area contributed by atoms with Gasteiger partial charge < -0.3 is 43.2 Å². The second-order valence-electron chi connectivity index (χ2n) is 9.13. The van der Waals surface area contributed by atoms with Gasteiger partial charge in [0.2, 0.25) is 0 Å². The van der Waals surface area contributed by atoms with Crippen molar-refractivity contribution in [3.05, 3.63) is 0 Å². The number of ether oxygens (including phenoxy) is 8. The van der Waals surface area contributed by atoms with Gasteiger partial charge in [-0.05, 0) is 27.2 Å². The van der Waals surface area contributed by atoms with Gasteiger partial charge in [0.25, 0.3) is 0 Å². The summed E-state index contributed by atoms with van der Waals surface area (Å²) in [6.07, 6.45) is 4.30. The molecule has 0 radical (unpaired) electrons. The molecule has 0 heterocycles. The maximum Gasteiger partial charge on any atom is 0.407 e. The van der Waals surface area contributed by atoms with Crippen molar-refractivity contribution in [1.82, 2.24) is 5.32 Å². The van der Waals surface area contributed by atoms with Gasteiger partial charge in [-0.1, -0.05) is 26.2 Å². The second-order valence-corrected chi connectivity index (χ2v) is 9.13. The van der Waals surface area contributed by atoms with Crippen LogP contribution in [0.1, 0.15) is 59.8 Å². The molecule has 0 spiro atoms. The van der Waals surface area contributed by atoms with Crippen LogP contribution in [0.3, 0.4) is 0 Å². The van der Waals surface area contributed by atoms with Crippen molar-refractivity contribution < 1.29 is 47.5 Å². The van der Waals surface area contributed by atoms with E-state index in [2.05, 4.69) is 12.2 Å². The molecule has 1 N–H and O–H groups in total. The molecule has 11 heteroatoms. The van der Waals surface area contributed by atoms with E-state index in [0.29, 0.717) is 92.2 Å². The minimum Gasteiger partial charge on any atom is -0.463 e. The number of rotatable bonds is 26. The van der Waals surface area contributed by atoms with Gasteiger partial charge in [-0.3, -0.25) is 4.79 Å². The first kappa shape index (κ1) is 35.5. The van der Waals surface area contributed by atoms with Crippen LogP contribution in [0.25, 0.3) is 0 Å². The van der Waals surface area contributed by atoms with Crippen LogP contribution >= 0.6 is 0 Å². The Balaban J connectivity index is 3.16. The van der Waals surface area contributed by atoms with Gasteiger partial charge in [-0.2, -0.15) is 0 Å². The fourth-order valence-corrected chi connectivity index (χ4v) is 2.72. The Kier molecular flexibility index (Phi) is 25.1. The summed E-state index contributed by atoms with van der Waals surface area (Å²) in [5.74, 6) is -0.155. The Bertz CT molecular complexity index is 528. The highest BCUT2D eigenvalue weighted by molar-refractivity contribution is 5.69. The smallest absolute Gasteiger partial charge is 0.407 e. The SMILES string of the molecule is CCCCCCC(=O)OCCOCCOCCOCCOCCOCCOCCNC(=O)OC(C)(C)C. The fourth-order valence-electron chi connectivity index (χ4n) is 2.72. The average molecular weight is 538 g/mol. The molecular formula is C26H51NO10. The molecule has 0 fully saturated rings. The molecule has 0 atom stereocenters. The number of hydrogen-bond donors (Lipinski definition) is 1. The Morgan fingerprint density at radius 3 is 1.46 bits per heavy atom. The predicted molar refractivity (Wildman–Crippen MR) is 139 cm³/mol. The third kappa shape index (κ3) is 30.6. The monoisotopic (exact) mass is 537 g/mol. The third-order valence-corrected chi connectivity index (χ3v) is 4.50. The fraction of sp³-hybridized carbons (Fsp3) is 0.923. The van der Waals surface area contributed by atoms with E-state index in [1.807, 2.05) is 20.8 Å². The van der Waals surface area contributed by atoms with E-state index in [9.17, 15) is 9.59 Å². The van der Waals surface area contributed by atoms with Gasteiger partial charge in [0.05, 0.1) is 79.3 Å². The molecular weight excluding hydrogens is 486 g/mol. The number of esters is 1. The summed E-state index contributed by atoms with van der Waals surface area (Å²) in [5.41, 5.74) is -0.508. The van der Waals surface area contributed by atoms with E-state index >= 15 is 0 Å².